The van der Waals surface area contributed by atoms with Crippen LogP contribution < -0.4 is 5.32 Å². The van der Waals surface area contributed by atoms with Crippen LogP contribution in [0.3, 0.4) is 0 Å². The number of carbonyl (C=O) groups excluding carboxylic acids is 1. The highest BCUT2D eigenvalue weighted by molar-refractivity contribution is 7.15. The average molecular weight is 425 g/mol. The highest BCUT2D eigenvalue weighted by atomic mass is 32.1. The van der Waals surface area contributed by atoms with Gasteiger partial charge >= 0.3 is 0 Å². The van der Waals surface area contributed by atoms with E-state index >= 15 is 0 Å². The number of anilines is 1. The summed E-state index contributed by atoms with van der Waals surface area (Å²) in [5.74, 6) is 0.204. The Hall–Kier alpha value is -2.64. The highest BCUT2D eigenvalue weighted by Gasteiger charge is 2.23. The van der Waals surface area contributed by atoms with Crippen LogP contribution in [0, 0.1) is 12.7 Å². The fourth-order valence-electron chi connectivity index (χ4n) is 3.80. The summed E-state index contributed by atoms with van der Waals surface area (Å²) < 4.78 is 13.8. The van der Waals surface area contributed by atoms with E-state index in [1.54, 1.807) is 12.3 Å². The van der Waals surface area contributed by atoms with Crippen molar-refractivity contribution in [1.82, 2.24) is 14.9 Å². The van der Waals surface area contributed by atoms with E-state index in [-0.39, 0.29) is 11.7 Å². The number of aryl methyl sites for hydroxylation is 1. The number of thiazole rings is 1. The van der Waals surface area contributed by atoms with Gasteiger partial charge in [-0.05, 0) is 56.1 Å². The van der Waals surface area contributed by atoms with Gasteiger partial charge in [-0.3, -0.25) is 14.7 Å². The lowest BCUT2D eigenvalue weighted by Gasteiger charge is -2.31. The predicted molar refractivity (Wildman–Crippen MR) is 117 cm³/mol. The third-order valence-electron chi connectivity index (χ3n) is 5.44. The summed E-state index contributed by atoms with van der Waals surface area (Å²) in [4.78, 5) is 24.3. The highest BCUT2D eigenvalue weighted by Crippen LogP contribution is 2.27. The first kappa shape index (κ1) is 20.6. The number of hydrogen-bond donors (Lipinski definition) is 1. The standard InChI is InChI=1S/C23H25FN4OS/c1-16-13-26-23(30-16)27-22(29)15-28-10-8-18(9-11-28)21-7-6-17(14-25-21)12-19-4-2-3-5-20(19)24/h2-7,13-14,18H,8-12,15H2,1H3,(H,26,27,29). The Balaban J connectivity index is 1.26. The van der Waals surface area contributed by atoms with Gasteiger partial charge in [0.2, 0.25) is 5.91 Å². The molecule has 2 aromatic heterocycles. The van der Waals surface area contributed by atoms with Crippen LogP contribution in [0.25, 0.3) is 0 Å². The smallest absolute Gasteiger partial charge is 0.240 e. The molecule has 1 saturated heterocycles. The van der Waals surface area contributed by atoms with Crippen LogP contribution in [-0.4, -0.2) is 40.4 Å². The first-order chi connectivity index (χ1) is 14.6. The molecule has 0 spiro atoms. The molecular weight excluding hydrogens is 399 g/mol. The van der Waals surface area contributed by atoms with E-state index in [4.69, 9.17) is 0 Å². The maximum Gasteiger partial charge on any atom is 0.240 e. The summed E-state index contributed by atoms with van der Waals surface area (Å²) in [7, 11) is 0. The van der Waals surface area contributed by atoms with Gasteiger partial charge in [0.1, 0.15) is 5.82 Å². The summed E-state index contributed by atoms with van der Waals surface area (Å²) >= 11 is 1.49. The number of carbonyl (C=O) groups is 1. The minimum Gasteiger partial charge on any atom is -0.301 e. The second-order valence-electron chi connectivity index (χ2n) is 7.73. The molecule has 1 fully saturated rings. The van der Waals surface area contributed by atoms with Crippen LogP contribution >= 0.6 is 11.3 Å². The zero-order chi connectivity index (χ0) is 20.9. The molecule has 0 aliphatic carbocycles. The second kappa shape index (κ2) is 9.45. The number of nitrogens with one attached hydrogen (secondary N) is 1. The second-order valence-corrected chi connectivity index (χ2v) is 8.97. The Bertz CT molecular complexity index is 996. The number of piperidine rings is 1. The Morgan fingerprint density at radius 1 is 1.17 bits per heavy atom. The van der Waals surface area contributed by atoms with E-state index in [0.717, 1.165) is 42.1 Å². The summed E-state index contributed by atoms with van der Waals surface area (Å²) in [5.41, 5.74) is 2.77. The van der Waals surface area contributed by atoms with Crippen molar-refractivity contribution in [3.05, 3.63) is 76.3 Å². The van der Waals surface area contributed by atoms with E-state index in [0.29, 0.717) is 29.6 Å². The van der Waals surface area contributed by atoms with Gasteiger partial charge in [-0.25, -0.2) is 9.37 Å². The monoisotopic (exact) mass is 424 g/mol. The topological polar surface area (TPSA) is 58.1 Å². The van der Waals surface area contributed by atoms with Crippen LogP contribution in [0.1, 0.15) is 40.5 Å². The van der Waals surface area contributed by atoms with Gasteiger partial charge in [0.15, 0.2) is 5.13 Å². The maximum absolute atomic E-state index is 13.8. The molecule has 0 saturated carbocycles. The molecule has 1 aromatic carbocycles. The number of rotatable bonds is 6. The quantitative estimate of drug-likeness (QED) is 0.637. The minimum absolute atomic E-state index is 0.0153. The molecule has 1 amide bonds. The summed E-state index contributed by atoms with van der Waals surface area (Å²) in [6, 6.07) is 11.0. The van der Waals surface area contributed by atoms with Crippen molar-refractivity contribution < 1.29 is 9.18 Å². The minimum atomic E-state index is -0.178. The first-order valence-electron chi connectivity index (χ1n) is 10.2. The Kier molecular flexibility index (Phi) is 6.50. The molecule has 30 heavy (non-hydrogen) atoms. The van der Waals surface area contributed by atoms with Crippen LogP contribution in [-0.2, 0) is 11.2 Å². The molecule has 0 atom stereocenters. The molecular formula is C23H25FN4OS. The van der Waals surface area contributed by atoms with E-state index in [9.17, 15) is 9.18 Å². The number of aromatic nitrogens is 2. The zero-order valence-corrected chi connectivity index (χ0v) is 17.8. The number of nitrogens with zero attached hydrogens (tertiary/aromatic N) is 3. The number of amides is 1. The number of benzene rings is 1. The fourth-order valence-corrected chi connectivity index (χ4v) is 4.49. The molecule has 0 bridgehead atoms. The zero-order valence-electron chi connectivity index (χ0n) is 17.0. The molecule has 3 aromatic rings. The molecule has 3 heterocycles. The summed E-state index contributed by atoms with van der Waals surface area (Å²) in [5, 5.41) is 3.53. The molecule has 5 nitrogen and oxygen atoms in total. The summed E-state index contributed by atoms with van der Waals surface area (Å²) in [6.07, 6.45) is 6.12. The molecule has 0 unspecified atom stereocenters. The molecule has 1 aliphatic heterocycles. The molecule has 4 rings (SSSR count). The Morgan fingerprint density at radius 2 is 1.97 bits per heavy atom. The lowest BCUT2D eigenvalue weighted by Crippen LogP contribution is -2.38. The van der Waals surface area contributed by atoms with Crippen molar-refractivity contribution in [1.29, 1.82) is 0 Å². The van der Waals surface area contributed by atoms with Crippen molar-refractivity contribution in [3.63, 3.8) is 0 Å². The molecule has 1 N–H and O–H groups in total. The Morgan fingerprint density at radius 3 is 2.63 bits per heavy atom. The van der Waals surface area contributed by atoms with Gasteiger partial charge in [-0.2, -0.15) is 0 Å². The van der Waals surface area contributed by atoms with Gasteiger partial charge in [0, 0.05) is 35.3 Å². The van der Waals surface area contributed by atoms with Gasteiger partial charge in [-0.1, -0.05) is 24.3 Å². The lowest BCUT2D eigenvalue weighted by atomic mass is 9.92. The van der Waals surface area contributed by atoms with E-state index in [2.05, 4.69) is 26.3 Å². The van der Waals surface area contributed by atoms with Crippen LogP contribution in [0.2, 0.25) is 0 Å². The number of halogens is 1. The third-order valence-corrected chi connectivity index (χ3v) is 6.27. The van der Waals surface area contributed by atoms with Crippen molar-refractivity contribution in [2.24, 2.45) is 0 Å². The number of hydrogen-bond acceptors (Lipinski definition) is 5. The van der Waals surface area contributed by atoms with E-state index in [1.165, 1.54) is 17.4 Å². The van der Waals surface area contributed by atoms with Crippen molar-refractivity contribution >= 4 is 22.4 Å². The fraction of sp³-hybridized carbons (Fsp3) is 0.348. The van der Waals surface area contributed by atoms with Crippen LogP contribution in [0.5, 0.6) is 0 Å². The normalized spacial score (nSPS) is 15.3. The largest absolute Gasteiger partial charge is 0.301 e. The number of likely N-dealkylation sites (tertiary alicyclic amines) is 1. The van der Waals surface area contributed by atoms with Crippen molar-refractivity contribution in [3.8, 4) is 0 Å². The Labute approximate surface area is 180 Å². The van der Waals surface area contributed by atoms with Gasteiger partial charge in [0.25, 0.3) is 0 Å². The van der Waals surface area contributed by atoms with Crippen molar-refractivity contribution in [2.75, 3.05) is 25.0 Å². The molecule has 7 heteroatoms. The van der Waals surface area contributed by atoms with E-state index in [1.807, 2.05) is 31.3 Å². The maximum atomic E-state index is 13.8. The first-order valence-corrected chi connectivity index (χ1v) is 11.0. The van der Waals surface area contributed by atoms with Crippen LogP contribution in [0.4, 0.5) is 9.52 Å². The third kappa shape index (κ3) is 5.29. The molecule has 1 aliphatic rings. The van der Waals surface area contributed by atoms with Gasteiger partial charge in [0.05, 0.1) is 6.54 Å². The average Bonchev–Trinajstić information content (AvgIpc) is 3.15. The van der Waals surface area contributed by atoms with Crippen molar-refractivity contribution in [2.45, 2.75) is 32.1 Å². The van der Waals surface area contributed by atoms with Gasteiger partial charge in [-0.15, -0.1) is 11.3 Å². The predicted octanol–water partition coefficient (Wildman–Crippen LogP) is 4.39. The lowest BCUT2D eigenvalue weighted by molar-refractivity contribution is -0.117. The van der Waals surface area contributed by atoms with Crippen LogP contribution in [0.15, 0.2) is 48.8 Å². The summed E-state index contributed by atoms with van der Waals surface area (Å²) in [6.45, 7) is 4.10. The SMILES string of the molecule is Cc1cnc(NC(=O)CN2CCC(c3ccc(Cc4ccccc4F)cn3)CC2)s1. The molecule has 156 valence electrons. The molecule has 0 radical (unpaired) electrons. The number of pyridine rings is 1. The van der Waals surface area contributed by atoms with Gasteiger partial charge < -0.3 is 5.32 Å². The van der Waals surface area contributed by atoms with E-state index < -0.39 is 0 Å².